The minimum Gasteiger partial charge on any atom is -0.325 e. The van der Waals surface area contributed by atoms with E-state index in [9.17, 15) is 4.79 Å². The van der Waals surface area contributed by atoms with Crippen LogP contribution in [0.3, 0.4) is 0 Å². The second kappa shape index (κ2) is 5.28. The van der Waals surface area contributed by atoms with Crippen molar-refractivity contribution < 1.29 is 4.79 Å². The minimum atomic E-state index is 0.126. The highest BCUT2D eigenvalue weighted by Gasteiger charge is 2.39. The van der Waals surface area contributed by atoms with Crippen LogP contribution in [0.1, 0.15) is 44.2 Å². The van der Waals surface area contributed by atoms with Crippen molar-refractivity contribution in [3.05, 3.63) is 27.7 Å². The van der Waals surface area contributed by atoms with Crippen molar-refractivity contribution in [1.82, 2.24) is 0 Å². The molecule has 1 aromatic rings. The molecule has 1 unspecified atom stereocenters. The molecule has 1 fully saturated rings. The van der Waals surface area contributed by atoms with Gasteiger partial charge in [-0.2, -0.15) is 0 Å². The van der Waals surface area contributed by atoms with Crippen LogP contribution in [0.4, 0.5) is 5.69 Å². The van der Waals surface area contributed by atoms with Gasteiger partial charge in [0.15, 0.2) is 0 Å². The number of nitrogens with one attached hydrogen (secondary N) is 1. The Bertz CT molecular complexity index is 484. The first-order valence-corrected chi connectivity index (χ1v) is 7.68. The van der Waals surface area contributed by atoms with Crippen molar-refractivity contribution in [2.45, 2.75) is 47.0 Å². The Balaban J connectivity index is 2.20. The van der Waals surface area contributed by atoms with E-state index in [-0.39, 0.29) is 17.2 Å². The number of carbonyl (C=O) groups excluding carboxylic acids is 1. The standard InChI is InChI=1S/C16H22BrNO/c1-10-8-12(17)9-11(2)14(10)18-15(19)13-6-5-7-16(13,3)4/h8-9,13H,5-7H2,1-4H3,(H,18,19). The maximum absolute atomic E-state index is 12.5. The lowest BCUT2D eigenvalue weighted by Crippen LogP contribution is -2.31. The molecular formula is C16H22BrNO. The Morgan fingerprint density at radius 1 is 1.32 bits per heavy atom. The first kappa shape index (κ1) is 14.6. The molecule has 0 bridgehead atoms. The quantitative estimate of drug-likeness (QED) is 0.829. The summed E-state index contributed by atoms with van der Waals surface area (Å²) in [5.74, 6) is 0.311. The van der Waals surface area contributed by atoms with Gasteiger partial charge < -0.3 is 5.32 Å². The Labute approximate surface area is 124 Å². The van der Waals surface area contributed by atoms with Crippen molar-refractivity contribution in [2.24, 2.45) is 11.3 Å². The molecule has 1 aliphatic rings. The first-order chi connectivity index (χ1) is 8.81. The number of rotatable bonds is 2. The molecule has 19 heavy (non-hydrogen) atoms. The number of carbonyl (C=O) groups is 1. The maximum atomic E-state index is 12.5. The second-order valence-corrected chi connectivity index (χ2v) is 7.25. The van der Waals surface area contributed by atoms with Crippen LogP contribution in [0.25, 0.3) is 0 Å². The van der Waals surface area contributed by atoms with E-state index in [0.717, 1.165) is 40.5 Å². The van der Waals surface area contributed by atoms with Crippen LogP contribution in [0.15, 0.2) is 16.6 Å². The van der Waals surface area contributed by atoms with Crippen molar-refractivity contribution in [2.75, 3.05) is 5.32 Å². The van der Waals surface area contributed by atoms with Crippen LogP contribution < -0.4 is 5.32 Å². The smallest absolute Gasteiger partial charge is 0.228 e. The molecule has 0 spiro atoms. The van der Waals surface area contributed by atoms with Crippen molar-refractivity contribution in [3.63, 3.8) is 0 Å². The van der Waals surface area contributed by atoms with Gasteiger partial charge >= 0.3 is 0 Å². The third-order valence-electron chi connectivity index (χ3n) is 4.32. The van der Waals surface area contributed by atoms with Crippen LogP contribution in [-0.4, -0.2) is 5.91 Å². The fourth-order valence-corrected chi connectivity index (χ4v) is 3.82. The Hall–Kier alpha value is -0.830. The Morgan fingerprint density at radius 2 is 1.89 bits per heavy atom. The van der Waals surface area contributed by atoms with Crippen LogP contribution in [0, 0.1) is 25.2 Å². The molecule has 1 aromatic carbocycles. The molecule has 1 N–H and O–H groups in total. The summed E-state index contributed by atoms with van der Waals surface area (Å²) < 4.78 is 1.06. The predicted molar refractivity (Wildman–Crippen MR) is 83.4 cm³/mol. The van der Waals surface area contributed by atoms with E-state index in [2.05, 4.69) is 35.1 Å². The Morgan fingerprint density at radius 3 is 2.37 bits per heavy atom. The van der Waals surface area contributed by atoms with Crippen molar-refractivity contribution in [3.8, 4) is 0 Å². The number of hydrogen-bond acceptors (Lipinski definition) is 1. The van der Waals surface area contributed by atoms with Gasteiger partial charge in [0.2, 0.25) is 5.91 Å². The number of benzene rings is 1. The lowest BCUT2D eigenvalue weighted by atomic mass is 9.81. The summed E-state index contributed by atoms with van der Waals surface area (Å²) >= 11 is 3.48. The molecule has 0 radical (unpaired) electrons. The molecule has 0 saturated heterocycles. The molecule has 0 aromatic heterocycles. The van der Waals surface area contributed by atoms with Gasteiger partial charge in [0.25, 0.3) is 0 Å². The van der Waals surface area contributed by atoms with Crippen LogP contribution >= 0.6 is 15.9 Å². The van der Waals surface area contributed by atoms with Crippen molar-refractivity contribution >= 4 is 27.5 Å². The van der Waals surface area contributed by atoms with Crippen LogP contribution in [0.2, 0.25) is 0 Å². The third-order valence-corrected chi connectivity index (χ3v) is 4.78. The topological polar surface area (TPSA) is 29.1 Å². The molecule has 1 atom stereocenters. The van der Waals surface area contributed by atoms with Gasteiger partial charge in [0.05, 0.1) is 0 Å². The number of anilines is 1. The van der Waals surface area contributed by atoms with E-state index in [1.165, 1.54) is 0 Å². The number of hydrogen-bond donors (Lipinski definition) is 1. The fourth-order valence-electron chi connectivity index (χ4n) is 3.13. The van der Waals surface area contributed by atoms with Gasteiger partial charge in [0.1, 0.15) is 0 Å². The van der Waals surface area contributed by atoms with Gasteiger partial charge in [-0.15, -0.1) is 0 Å². The molecule has 2 nitrogen and oxygen atoms in total. The van der Waals surface area contributed by atoms with E-state index in [1.807, 2.05) is 26.0 Å². The van der Waals surface area contributed by atoms with E-state index in [0.29, 0.717) is 0 Å². The third kappa shape index (κ3) is 3.02. The van der Waals surface area contributed by atoms with Gasteiger partial charge in [-0.1, -0.05) is 36.2 Å². The minimum absolute atomic E-state index is 0.126. The van der Waals surface area contributed by atoms with E-state index in [1.54, 1.807) is 0 Å². The highest BCUT2D eigenvalue weighted by molar-refractivity contribution is 9.10. The van der Waals surface area contributed by atoms with Gasteiger partial charge in [-0.3, -0.25) is 4.79 Å². The highest BCUT2D eigenvalue weighted by atomic mass is 79.9. The lowest BCUT2D eigenvalue weighted by Gasteiger charge is -2.26. The van der Waals surface area contributed by atoms with Crippen LogP contribution in [-0.2, 0) is 4.79 Å². The lowest BCUT2D eigenvalue weighted by molar-refractivity contribution is -0.122. The number of amides is 1. The first-order valence-electron chi connectivity index (χ1n) is 6.89. The maximum Gasteiger partial charge on any atom is 0.228 e. The average molecular weight is 324 g/mol. The Kier molecular flexibility index (Phi) is 4.05. The van der Waals surface area contributed by atoms with E-state index < -0.39 is 0 Å². The second-order valence-electron chi connectivity index (χ2n) is 6.34. The molecule has 2 rings (SSSR count). The van der Waals surface area contributed by atoms with Crippen LogP contribution in [0.5, 0.6) is 0 Å². The highest BCUT2D eigenvalue weighted by Crippen LogP contribution is 2.43. The summed E-state index contributed by atoms with van der Waals surface area (Å²) in [6.07, 6.45) is 3.31. The summed E-state index contributed by atoms with van der Waals surface area (Å²) in [6.45, 7) is 8.47. The fraction of sp³-hybridized carbons (Fsp3) is 0.562. The monoisotopic (exact) mass is 323 g/mol. The summed E-state index contributed by atoms with van der Waals surface area (Å²) in [7, 11) is 0. The zero-order valence-electron chi connectivity index (χ0n) is 12.1. The molecule has 3 heteroatoms. The molecule has 104 valence electrons. The predicted octanol–water partition coefficient (Wildman–Crippen LogP) is 4.83. The molecule has 0 aliphatic heterocycles. The van der Waals surface area contributed by atoms with Gasteiger partial charge in [-0.05, 0) is 55.4 Å². The number of aryl methyl sites for hydroxylation is 2. The number of halogens is 1. The SMILES string of the molecule is Cc1cc(Br)cc(C)c1NC(=O)C1CCCC1(C)C. The van der Waals surface area contributed by atoms with Gasteiger partial charge in [-0.25, -0.2) is 0 Å². The zero-order chi connectivity index (χ0) is 14.2. The summed E-state index contributed by atoms with van der Waals surface area (Å²) in [5, 5.41) is 3.14. The molecule has 1 aliphatic carbocycles. The molecule has 1 saturated carbocycles. The average Bonchev–Trinajstić information content (AvgIpc) is 2.63. The van der Waals surface area contributed by atoms with Crippen molar-refractivity contribution in [1.29, 1.82) is 0 Å². The molecular weight excluding hydrogens is 302 g/mol. The molecule has 1 amide bonds. The molecule has 0 heterocycles. The van der Waals surface area contributed by atoms with E-state index in [4.69, 9.17) is 0 Å². The summed E-state index contributed by atoms with van der Waals surface area (Å²) in [6, 6.07) is 4.09. The normalized spacial score (nSPS) is 21.4. The summed E-state index contributed by atoms with van der Waals surface area (Å²) in [5.41, 5.74) is 3.31. The largest absolute Gasteiger partial charge is 0.325 e. The zero-order valence-corrected chi connectivity index (χ0v) is 13.7. The summed E-state index contributed by atoms with van der Waals surface area (Å²) in [4.78, 5) is 12.5. The van der Waals surface area contributed by atoms with E-state index >= 15 is 0 Å². The van der Waals surface area contributed by atoms with Gasteiger partial charge in [0, 0.05) is 16.1 Å².